The predicted octanol–water partition coefficient (Wildman–Crippen LogP) is 3.04. The molecule has 0 radical (unpaired) electrons. The van der Waals surface area contributed by atoms with Gasteiger partial charge in [-0.05, 0) is 36.6 Å². The molecule has 0 saturated heterocycles. The van der Waals surface area contributed by atoms with E-state index in [1.807, 2.05) is 18.2 Å². The Hall–Kier alpha value is -2.14. The monoisotopic (exact) mass is 285 g/mol. The summed E-state index contributed by atoms with van der Waals surface area (Å²) >= 11 is 5.87. The molecule has 1 aromatic carbocycles. The van der Waals surface area contributed by atoms with Crippen molar-refractivity contribution in [1.29, 1.82) is 0 Å². The van der Waals surface area contributed by atoms with Gasteiger partial charge in [0.1, 0.15) is 0 Å². The predicted molar refractivity (Wildman–Crippen MR) is 78.3 cm³/mol. The molecule has 1 saturated carbocycles. The van der Waals surface area contributed by atoms with Crippen LogP contribution in [0.5, 0.6) is 0 Å². The summed E-state index contributed by atoms with van der Waals surface area (Å²) in [7, 11) is 0. The summed E-state index contributed by atoms with van der Waals surface area (Å²) in [5.41, 5.74) is 1.01. The summed E-state index contributed by atoms with van der Waals surface area (Å²) in [6, 6.07) is 10.4. The number of hydrogen-bond donors (Lipinski definition) is 1. The second-order valence-corrected chi connectivity index (χ2v) is 5.22. The lowest BCUT2D eigenvalue weighted by Crippen LogP contribution is -2.04. The number of aromatic nitrogens is 4. The van der Waals surface area contributed by atoms with Crippen molar-refractivity contribution in [3.63, 3.8) is 0 Å². The molecule has 0 bridgehead atoms. The molecule has 1 N–H and O–H groups in total. The lowest BCUT2D eigenvalue weighted by atomic mass is 10.2. The van der Waals surface area contributed by atoms with Crippen molar-refractivity contribution in [2.24, 2.45) is 0 Å². The van der Waals surface area contributed by atoms with Crippen molar-refractivity contribution in [3.05, 3.63) is 41.8 Å². The van der Waals surface area contributed by atoms with Crippen molar-refractivity contribution in [3.8, 4) is 5.82 Å². The first-order chi connectivity index (χ1) is 9.81. The van der Waals surface area contributed by atoms with Gasteiger partial charge in [0, 0.05) is 23.7 Å². The van der Waals surface area contributed by atoms with Gasteiger partial charge in [-0.1, -0.05) is 12.1 Å². The summed E-state index contributed by atoms with van der Waals surface area (Å²) < 4.78 is 1.80. The number of anilines is 1. The van der Waals surface area contributed by atoms with E-state index in [0.717, 1.165) is 16.7 Å². The van der Waals surface area contributed by atoms with Crippen molar-refractivity contribution in [1.82, 2.24) is 19.7 Å². The van der Waals surface area contributed by atoms with Crippen LogP contribution in [0.4, 0.5) is 5.82 Å². The van der Waals surface area contributed by atoms with Crippen LogP contribution in [0.3, 0.4) is 0 Å². The zero-order chi connectivity index (χ0) is 13.5. The molecule has 1 aliphatic carbocycles. The zero-order valence-electron chi connectivity index (χ0n) is 10.6. The summed E-state index contributed by atoms with van der Waals surface area (Å²) in [6.07, 6.45) is 4.05. The van der Waals surface area contributed by atoms with E-state index in [1.165, 1.54) is 12.8 Å². The van der Waals surface area contributed by atoms with Gasteiger partial charge in [0.05, 0.1) is 5.52 Å². The summed E-state index contributed by atoms with van der Waals surface area (Å²) in [5, 5.41) is 9.41. The molecule has 0 unspecified atom stereocenters. The van der Waals surface area contributed by atoms with Gasteiger partial charge in [-0.2, -0.15) is 4.98 Å². The van der Waals surface area contributed by atoms with Crippen LogP contribution in [0, 0.1) is 0 Å². The highest BCUT2D eigenvalue weighted by molar-refractivity contribution is 6.28. The Morgan fingerprint density at radius 3 is 2.85 bits per heavy atom. The van der Waals surface area contributed by atoms with Gasteiger partial charge in [-0.3, -0.25) is 0 Å². The van der Waals surface area contributed by atoms with Crippen LogP contribution in [0.2, 0.25) is 5.28 Å². The molecule has 0 spiro atoms. The van der Waals surface area contributed by atoms with Gasteiger partial charge in [0.2, 0.25) is 5.28 Å². The maximum absolute atomic E-state index is 5.87. The normalized spacial score (nSPS) is 14.7. The molecule has 20 heavy (non-hydrogen) atoms. The Kier molecular flexibility index (Phi) is 2.60. The number of nitrogens with one attached hydrogen (secondary N) is 1. The van der Waals surface area contributed by atoms with Gasteiger partial charge in [-0.15, -0.1) is 5.10 Å². The first-order valence-electron chi connectivity index (χ1n) is 6.54. The molecule has 100 valence electrons. The van der Waals surface area contributed by atoms with Crippen LogP contribution < -0.4 is 5.32 Å². The average molecular weight is 286 g/mol. The fraction of sp³-hybridized carbons (Fsp3) is 0.214. The minimum atomic E-state index is 0.221. The summed E-state index contributed by atoms with van der Waals surface area (Å²) in [4.78, 5) is 8.14. The molecule has 0 atom stereocenters. The number of nitrogens with zero attached hydrogens (tertiary/aromatic N) is 4. The smallest absolute Gasteiger partial charge is 0.224 e. The van der Waals surface area contributed by atoms with Gasteiger partial charge >= 0.3 is 0 Å². The molecule has 6 heteroatoms. The van der Waals surface area contributed by atoms with Gasteiger partial charge in [0.15, 0.2) is 11.6 Å². The van der Waals surface area contributed by atoms with E-state index in [9.17, 15) is 0 Å². The fourth-order valence-corrected chi connectivity index (χ4v) is 2.36. The van der Waals surface area contributed by atoms with Crippen molar-refractivity contribution >= 4 is 28.3 Å². The number of fused-ring (bicyclic) bond motifs is 1. The lowest BCUT2D eigenvalue weighted by Gasteiger charge is -2.01. The Balaban J connectivity index is 1.90. The molecule has 0 aliphatic heterocycles. The van der Waals surface area contributed by atoms with Crippen LogP contribution in [0.1, 0.15) is 12.8 Å². The molecule has 1 fully saturated rings. The largest absolute Gasteiger partial charge is 0.365 e. The van der Waals surface area contributed by atoms with Crippen molar-refractivity contribution in [2.45, 2.75) is 18.9 Å². The van der Waals surface area contributed by atoms with E-state index in [-0.39, 0.29) is 5.28 Å². The van der Waals surface area contributed by atoms with E-state index in [0.29, 0.717) is 11.9 Å². The number of hydrogen-bond acceptors (Lipinski definition) is 4. The fourth-order valence-electron chi connectivity index (χ4n) is 2.21. The summed E-state index contributed by atoms with van der Waals surface area (Å²) in [6.45, 7) is 0. The molecule has 1 aliphatic rings. The van der Waals surface area contributed by atoms with Crippen LogP contribution in [-0.4, -0.2) is 25.8 Å². The average Bonchev–Trinajstić information content (AvgIpc) is 3.20. The molecular formula is C14H12ClN5. The van der Waals surface area contributed by atoms with Crippen molar-refractivity contribution < 1.29 is 0 Å². The molecule has 2 aromatic heterocycles. The first-order valence-corrected chi connectivity index (χ1v) is 6.92. The first kappa shape index (κ1) is 11.7. The molecule has 4 rings (SSSR count). The molecule has 3 aromatic rings. The van der Waals surface area contributed by atoms with E-state index >= 15 is 0 Å². The Morgan fingerprint density at radius 2 is 2.05 bits per heavy atom. The topological polar surface area (TPSA) is 55.6 Å². The van der Waals surface area contributed by atoms with E-state index in [2.05, 4.69) is 26.4 Å². The van der Waals surface area contributed by atoms with Crippen LogP contribution >= 0.6 is 11.6 Å². The molecule has 0 amide bonds. The standard InChI is InChI=1S/C14H12ClN5/c15-14-16-8-7-12(18-14)20-11-4-2-1-3-10(11)13(19-20)17-9-5-6-9/h1-4,7-9H,5-6H2,(H,17,19). The van der Waals surface area contributed by atoms with Gasteiger partial charge < -0.3 is 5.32 Å². The summed E-state index contributed by atoms with van der Waals surface area (Å²) in [5.74, 6) is 1.57. The molecule has 5 nitrogen and oxygen atoms in total. The van der Waals surface area contributed by atoms with E-state index in [1.54, 1.807) is 16.9 Å². The van der Waals surface area contributed by atoms with Crippen LogP contribution in [0.25, 0.3) is 16.7 Å². The Bertz CT molecular complexity index is 778. The number of para-hydroxylation sites is 1. The number of benzene rings is 1. The van der Waals surface area contributed by atoms with Gasteiger partial charge in [0.25, 0.3) is 0 Å². The second kappa shape index (κ2) is 4.45. The second-order valence-electron chi connectivity index (χ2n) is 4.88. The van der Waals surface area contributed by atoms with Crippen LogP contribution in [0.15, 0.2) is 36.5 Å². The quantitative estimate of drug-likeness (QED) is 0.752. The third kappa shape index (κ3) is 2.00. The highest BCUT2D eigenvalue weighted by Crippen LogP contribution is 2.30. The highest BCUT2D eigenvalue weighted by atomic mass is 35.5. The van der Waals surface area contributed by atoms with Gasteiger partial charge in [-0.25, -0.2) is 9.67 Å². The highest BCUT2D eigenvalue weighted by Gasteiger charge is 2.23. The van der Waals surface area contributed by atoms with Crippen LogP contribution in [-0.2, 0) is 0 Å². The molecular weight excluding hydrogens is 274 g/mol. The lowest BCUT2D eigenvalue weighted by molar-refractivity contribution is 0.863. The third-order valence-electron chi connectivity index (χ3n) is 3.33. The molecule has 2 heterocycles. The minimum Gasteiger partial charge on any atom is -0.365 e. The zero-order valence-corrected chi connectivity index (χ0v) is 11.4. The van der Waals surface area contributed by atoms with Crippen molar-refractivity contribution in [2.75, 3.05) is 5.32 Å². The Labute approximate surface area is 120 Å². The maximum atomic E-state index is 5.87. The van der Waals surface area contributed by atoms with E-state index < -0.39 is 0 Å². The third-order valence-corrected chi connectivity index (χ3v) is 3.52. The minimum absolute atomic E-state index is 0.221. The SMILES string of the molecule is Clc1nccc(-n2nc(NC3CC3)c3ccccc32)n1. The maximum Gasteiger partial charge on any atom is 0.224 e. The van der Waals surface area contributed by atoms with E-state index in [4.69, 9.17) is 11.6 Å². The number of rotatable bonds is 3. The number of halogens is 1. The Morgan fingerprint density at radius 1 is 1.20 bits per heavy atom.